The summed E-state index contributed by atoms with van der Waals surface area (Å²) in [7, 11) is 0. The molecule has 0 bridgehead atoms. The molecule has 0 aromatic carbocycles. The predicted octanol–water partition coefficient (Wildman–Crippen LogP) is 1.19. The third-order valence-corrected chi connectivity index (χ3v) is 0.920. The molecule has 0 saturated heterocycles. The first kappa shape index (κ1) is 6.01. The molecule has 0 aliphatic carbocycles. The fourth-order valence-electron chi connectivity index (χ4n) is 0.516. The first-order valence-electron chi connectivity index (χ1n) is 2.63. The van der Waals surface area contributed by atoms with Crippen molar-refractivity contribution in [2.75, 3.05) is 0 Å². The highest BCUT2D eigenvalue weighted by molar-refractivity contribution is 5.89. The zero-order valence-corrected chi connectivity index (χ0v) is 5.34. The molecule has 1 aromatic rings. The average Bonchev–Trinajstić information content (AvgIpc) is 2.14. The number of aryl methyl sites for hydroxylation is 1. The topological polar surface area (TPSA) is 43.1 Å². The second kappa shape index (κ2) is 2.01. The molecule has 48 valence electrons. The number of hydrogen-bond acceptors (Lipinski definition) is 3. The van der Waals surface area contributed by atoms with E-state index in [2.05, 4.69) is 4.98 Å². The van der Waals surface area contributed by atoms with Crippen LogP contribution in [0.5, 0.6) is 0 Å². The number of carbonyl (C=O) groups excluding carboxylic acids is 1. The van der Waals surface area contributed by atoms with E-state index in [0.29, 0.717) is 0 Å². The van der Waals surface area contributed by atoms with Crippen LogP contribution in [0, 0.1) is 6.92 Å². The van der Waals surface area contributed by atoms with E-state index in [4.69, 9.17) is 4.42 Å². The first-order chi connectivity index (χ1) is 4.20. The summed E-state index contributed by atoms with van der Waals surface area (Å²) in [4.78, 5) is 14.3. The lowest BCUT2D eigenvalue weighted by atomic mass is 10.4. The number of oxazole rings is 1. The van der Waals surface area contributed by atoms with Gasteiger partial charge >= 0.3 is 0 Å². The maximum Gasteiger partial charge on any atom is 0.262 e. The lowest BCUT2D eigenvalue weighted by Crippen LogP contribution is -1.90. The van der Waals surface area contributed by atoms with Gasteiger partial charge in [0.05, 0.1) is 5.69 Å². The molecule has 1 aromatic heterocycles. The Morgan fingerprint density at radius 2 is 2.44 bits per heavy atom. The molecule has 0 fully saturated rings. The maximum absolute atomic E-state index is 10.5. The van der Waals surface area contributed by atoms with Gasteiger partial charge in [0.15, 0.2) is 0 Å². The van der Waals surface area contributed by atoms with Crippen molar-refractivity contribution in [3.8, 4) is 0 Å². The lowest BCUT2D eigenvalue weighted by molar-refractivity contribution is 0.0980. The normalized spacial score (nSPS) is 9.56. The standard InChI is InChI=1S/C6H7NO2/c1-4-3-9-6(7-4)5(2)8/h3H,1-2H3. The van der Waals surface area contributed by atoms with Gasteiger partial charge in [0, 0.05) is 6.92 Å². The molecule has 0 amide bonds. The van der Waals surface area contributed by atoms with Gasteiger partial charge < -0.3 is 4.42 Å². The minimum absolute atomic E-state index is 0.136. The molecule has 0 spiro atoms. The van der Waals surface area contributed by atoms with Crippen LogP contribution in [0.15, 0.2) is 10.7 Å². The molecule has 1 rings (SSSR count). The number of ketones is 1. The molecule has 0 aliphatic rings. The number of Topliss-reactive ketones (excluding diaryl/α,β-unsaturated/α-hetero) is 1. The lowest BCUT2D eigenvalue weighted by Gasteiger charge is -1.78. The summed E-state index contributed by atoms with van der Waals surface area (Å²) in [5.74, 6) is 0.0515. The van der Waals surface area contributed by atoms with Crippen molar-refractivity contribution in [3.05, 3.63) is 17.8 Å². The van der Waals surface area contributed by atoms with E-state index in [1.54, 1.807) is 6.92 Å². The molecule has 0 radical (unpaired) electrons. The molecular formula is C6H7NO2. The van der Waals surface area contributed by atoms with E-state index >= 15 is 0 Å². The fraction of sp³-hybridized carbons (Fsp3) is 0.333. The van der Waals surface area contributed by atoms with Gasteiger partial charge in [-0.2, -0.15) is 0 Å². The Kier molecular flexibility index (Phi) is 1.34. The summed E-state index contributed by atoms with van der Waals surface area (Å²) in [5.41, 5.74) is 0.736. The molecule has 0 unspecified atom stereocenters. The number of hydrogen-bond donors (Lipinski definition) is 0. The largest absolute Gasteiger partial charge is 0.442 e. The van der Waals surface area contributed by atoms with Crippen molar-refractivity contribution in [1.82, 2.24) is 4.98 Å². The Morgan fingerprint density at radius 3 is 2.67 bits per heavy atom. The van der Waals surface area contributed by atoms with Crippen LogP contribution < -0.4 is 0 Å². The molecule has 0 aliphatic heterocycles. The van der Waals surface area contributed by atoms with Gasteiger partial charge in [0.2, 0.25) is 5.78 Å². The van der Waals surface area contributed by atoms with Gasteiger partial charge in [0.1, 0.15) is 6.26 Å². The van der Waals surface area contributed by atoms with E-state index < -0.39 is 0 Å². The Morgan fingerprint density at radius 1 is 1.78 bits per heavy atom. The van der Waals surface area contributed by atoms with E-state index in [9.17, 15) is 4.79 Å². The second-order valence-electron chi connectivity index (χ2n) is 1.85. The Balaban J connectivity index is 2.98. The second-order valence-corrected chi connectivity index (χ2v) is 1.85. The smallest absolute Gasteiger partial charge is 0.262 e. The van der Waals surface area contributed by atoms with E-state index in [0.717, 1.165) is 5.69 Å². The Hall–Kier alpha value is -1.12. The van der Waals surface area contributed by atoms with Gasteiger partial charge in [-0.05, 0) is 6.92 Å². The van der Waals surface area contributed by atoms with Gasteiger partial charge in [0.25, 0.3) is 5.89 Å². The summed E-state index contributed by atoms with van der Waals surface area (Å²) < 4.78 is 4.77. The van der Waals surface area contributed by atoms with Crippen LogP contribution in [0.2, 0.25) is 0 Å². The highest BCUT2D eigenvalue weighted by Gasteiger charge is 2.03. The van der Waals surface area contributed by atoms with Gasteiger partial charge in [-0.25, -0.2) is 4.98 Å². The number of carbonyl (C=O) groups is 1. The summed E-state index contributed by atoms with van der Waals surface area (Å²) in [5, 5.41) is 0. The summed E-state index contributed by atoms with van der Waals surface area (Å²) in [6.07, 6.45) is 1.46. The highest BCUT2D eigenvalue weighted by Crippen LogP contribution is 1.99. The molecular weight excluding hydrogens is 118 g/mol. The van der Waals surface area contributed by atoms with E-state index in [-0.39, 0.29) is 11.7 Å². The quantitative estimate of drug-likeness (QED) is 0.529. The summed E-state index contributed by atoms with van der Waals surface area (Å²) in [6, 6.07) is 0. The minimum Gasteiger partial charge on any atom is -0.442 e. The van der Waals surface area contributed by atoms with Crippen molar-refractivity contribution in [2.45, 2.75) is 13.8 Å². The van der Waals surface area contributed by atoms with Crippen LogP contribution in [0.3, 0.4) is 0 Å². The summed E-state index contributed by atoms with van der Waals surface area (Å²) >= 11 is 0. The average molecular weight is 125 g/mol. The number of rotatable bonds is 1. The zero-order valence-electron chi connectivity index (χ0n) is 5.34. The van der Waals surface area contributed by atoms with Crippen LogP contribution in [-0.4, -0.2) is 10.8 Å². The monoisotopic (exact) mass is 125 g/mol. The third kappa shape index (κ3) is 1.16. The van der Waals surface area contributed by atoms with Gasteiger partial charge in [-0.15, -0.1) is 0 Å². The van der Waals surface area contributed by atoms with Crippen molar-refractivity contribution in [1.29, 1.82) is 0 Å². The first-order valence-corrected chi connectivity index (χ1v) is 2.63. The Bertz CT molecular complexity index is 227. The van der Waals surface area contributed by atoms with Gasteiger partial charge in [-0.1, -0.05) is 0 Å². The zero-order chi connectivity index (χ0) is 6.85. The molecule has 0 atom stereocenters. The van der Waals surface area contributed by atoms with Crippen LogP contribution >= 0.6 is 0 Å². The number of aromatic nitrogens is 1. The van der Waals surface area contributed by atoms with Crippen molar-refractivity contribution in [3.63, 3.8) is 0 Å². The number of nitrogens with zero attached hydrogens (tertiary/aromatic N) is 1. The molecule has 0 saturated carbocycles. The van der Waals surface area contributed by atoms with Crippen molar-refractivity contribution >= 4 is 5.78 Å². The Labute approximate surface area is 52.7 Å². The van der Waals surface area contributed by atoms with Crippen LogP contribution in [0.4, 0.5) is 0 Å². The molecule has 3 nitrogen and oxygen atoms in total. The molecule has 0 N–H and O–H groups in total. The minimum atomic E-state index is -0.136. The molecule has 1 heterocycles. The van der Waals surface area contributed by atoms with Crippen LogP contribution in [-0.2, 0) is 0 Å². The summed E-state index contributed by atoms with van der Waals surface area (Å²) in [6.45, 7) is 3.20. The van der Waals surface area contributed by atoms with Crippen LogP contribution in [0.25, 0.3) is 0 Å². The molecule has 3 heteroatoms. The fourth-order valence-corrected chi connectivity index (χ4v) is 0.516. The SMILES string of the molecule is CC(=O)c1nc(C)co1. The third-order valence-electron chi connectivity index (χ3n) is 0.920. The van der Waals surface area contributed by atoms with Crippen molar-refractivity contribution < 1.29 is 9.21 Å². The van der Waals surface area contributed by atoms with E-state index in [1.807, 2.05) is 0 Å². The van der Waals surface area contributed by atoms with Crippen molar-refractivity contribution in [2.24, 2.45) is 0 Å². The highest BCUT2D eigenvalue weighted by atomic mass is 16.3. The van der Waals surface area contributed by atoms with E-state index in [1.165, 1.54) is 13.2 Å². The molecule has 9 heavy (non-hydrogen) atoms. The van der Waals surface area contributed by atoms with Gasteiger partial charge in [-0.3, -0.25) is 4.79 Å². The maximum atomic E-state index is 10.5. The predicted molar refractivity (Wildman–Crippen MR) is 31.2 cm³/mol. The van der Waals surface area contributed by atoms with Crippen LogP contribution in [0.1, 0.15) is 23.3 Å².